The molecule has 1 aliphatic rings. The maximum absolute atomic E-state index is 13.5. The predicted octanol–water partition coefficient (Wildman–Crippen LogP) is 2.59. The maximum Gasteiger partial charge on any atom is 0.366 e. The lowest BCUT2D eigenvalue weighted by Crippen LogP contribution is -2.42. The molecule has 1 aromatic carbocycles. The van der Waals surface area contributed by atoms with Gasteiger partial charge in [0.2, 0.25) is 0 Å². The van der Waals surface area contributed by atoms with E-state index in [0.717, 1.165) is 4.88 Å². The Balaban J connectivity index is 1.96. The number of thiazole rings is 1. The topological polar surface area (TPSA) is 71.5 Å². The molecule has 1 N–H and O–H groups in total. The molecule has 7 nitrogen and oxygen atoms in total. The summed E-state index contributed by atoms with van der Waals surface area (Å²) in [5.41, 5.74) is 0.638. The molecule has 1 atom stereocenters. The van der Waals surface area contributed by atoms with E-state index in [9.17, 15) is 9.90 Å². The number of fused-ring (bicyclic) bond motifs is 1. The molecule has 0 saturated carbocycles. The summed E-state index contributed by atoms with van der Waals surface area (Å²) in [6.45, 7) is 3.34. The molecule has 1 unspecified atom stereocenters. The van der Waals surface area contributed by atoms with Crippen LogP contribution in [0.3, 0.4) is 0 Å². The minimum atomic E-state index is -0.249. The third-order valence-electron chi connectivity index (χ3n) is 5.06. The van der Waals surface area contributed by atoms with Crippen LogP contribution in [0.15, 0.2) is 35.3 Å². The second-order valence-electron chi connectivity index (χ2n) is 6.53. The van der Waals surface area contributed by atoms with Crippen LogP contribution in [0.4, 0.5) is 5.95 Å². The van der Waals surface area contributed by atoms with Crippen LogP contribution in [0.1, 0.15) is 17.8 Å². The average molecular weight is 420 g/mol. The summed E-state index contributed by atoms with van der Waals surface area (Å²) in [6, 6.07) is 6.87. The van der Waals surface area contributed by atoms with Crippen molar-refractivity contribution >= 4 is 28.9 Å². The lowest BCUT2D eigenvalue weighted by atomic mass is 10.1. The molecular weight excluding hydrogens is 400 g/mol. The van der Waals surface area contributed by atoms with Gasteiger partial charge in [0.25, 0.3) is 5.88 Å². The third kappa shape index (κ3) is 2.84. The smallest absolute Gasteiger partial charge is 0.366 e. The molecule has 1 aliphatic heterocycles. The molecule has 0 fully saturated rings. The van der Waals surface area contributed by atoms with E-state index < -0.39 is 0 Å². The van der Waals surface area contributed by atoms with Gasteiger partial charge in [-0.2, -0.15) is 4.57 Å². The second kappa shape index (κ2) is 7.10. The van der Waals surface area contributed by atoms with E-state index in [-0.39, 0.29) is 23.0 Å². The van der Waals surface area contributed by atoms with Gasteiger partial charge in [0, 0.05) is 6.20 Å². The number of nitrogens with zero attached hydrogens (tertiary/aromatic N) is 4. The number of aromatic nitrogens is 3. The average Bonchev–Trinajstić information content (AvgIpc) is 3.30. The van der Waals surface area contributed by atoms with Crippen molar-refractivity contribution in [1.82, 2.24) is 9.55 Å². The van der Waals surface area contributed by atoms with Gasteiger partial charge >= 0.3 is 11.5 Å². The SMILES string of the molecule is CCN1CC(c2cnc(Cl)s2)n2c1[n+](C)c(O)c(-c1ccc(OC)cc1)c2=O. The molecule has 3 aromatic rings. The Kier molecular flexibility index (Phi) is 4.76. The first-order chi connectivity index (χ1) is 13.5. The van der Waals surface area contributed by atoms with Gasteiger partial charge in [-0.3, -0.25) is 4.90 Å². The minimum absolute atomic E-state index is 0.0668. The fourth-order valence-electron chi connectivity index (χ4n) is 3.66. The van der Waals surface area contributed by atoms with Crippen LogP contribution in [0, 0.1) is 0 Å². The highest BCUT2D eigenvalue weighted by atomic mass is 35.5. The van der Waals surface area contributed by atoms with Crippen molar-refractivity contribution < 1.29 is 14.4 Å². The Hall–Kier alpha value is -2.58. The molecular formula is C19H20ClN4O3S+. The van der Waals surface area contributed by atoms with Crippen molar-refractivity contribution in [1.29, 1.82) is 0 Å². The fraction of sp³-hybridized carbons (Fsp3) is 0.316. The minimum Gasteiger partial charge on any atom is -0.497 e. The quantitative estimate of drug-likeness (QED) is 0.658. The second-order valence-corrected chi connectivity index (χ2v) is 8.18. The molecule has 146 valence electrons. The molecule has 0 amide bonds. The fourth-order valence-corrected chi connectivity index (χ4v) is 4.70. The number of hydrogen-bond acceptors (Lipinski definition) is 6. The highest BCUT2D eigenvalue weighted by molar-refractivity contribution is 7.15. The monoisotopic (exact) mass is 419 g/mol. The molecule has 9 heteroatoms. The number of methoxy groups -OCH3 is 1. The van der Waals surface area contributed by atoms with Crippen LogP contribution in [0.2, 0.25) is 4.47 Å². The van der Waals surface area contributed by atoms with Gasteiger partial charge in [0.15, 0.2) is 10.5 Å². The Morgan fingerprint density at radius 2 is 2.11 bits per heavy atom. The number of aromatic hydroxyl groups is 1. The van der Waals surface area contributed by atoms with Gasteiger partial charge in [-0.15, -0.1) is 11.3 Å². The summed E-state index contributed by atoms with van der Waals surface area (Å²) in [4.78, 5) is 20.6. The van der Waals surface area contributed by atoms with Gasteiger partial charge in [-0.25, -0.2) is 14.3 Å². The van der Waals surface area contributed by atoms with Gasteiger partial charge in [-0.1, -0.05) is 23.7 Å². The summed E-state index contributed by atoms with van der Waals surface area (Å²) >= 11 is 7.40. The van der Waals surface area contributed by atoms with Crippen LogP contribution in [0.25, 0.3) is 11.1 Å². The number of likely N-dealkylation sites (N-methyl/N-ethyl adjacent to an activating group) is 1. The van der Waals surface area contributed by atoms with Crippen LogP contribution in [-0.2, 0) is 7.05 Å². The lowest BCUT2D eigenvalue weighted by Gasteiger charge is -2.13. The number of ether oxygens (including phenoxy) is 1. The predicted molar refractivity (Wildman–Crippen MR) is 109 cm³/mol. The number of benzene rings is 1. The van der Waals surface area contributed by atoms with Crippen molar-refractivity contribution in [2.45, 2.75) is 13.0 Å². The highest BCUT2D eigenvalue weighted by Gasteiger charge is 2.42. The zero-order chi connectivity index (χ0) is 20.0. The molecule has 3 heterocycles. The molecule has 0 spiro atoms. The molecule has 0 bridgehead atoms. The van der Waals surface area contributed by atoms with Crippen molar-refractivity contribution in [3.05, 3.63) is 50.2 Å². The normalized spacial score (nSPS) is 15.7. The highest BCUT2D eigenvalue weighted by Crippen LogP contribution is 2.36. The van der Waals surface area contributed by atoms with E-state index in [1.807, 2.05) is 6.92 Å². The van der Waals surface area contributed by atoms with E-state index in [4.69, 9.17) is 16.3 Å². The van der Waals surface area contributed by atoms with Gasteiger partial charge < -0.3 is 9.84 Å². The van der Waals surface area contributed by atoms with E-state index in [1.165, 1.54) is 11.3 Å². The van der Waals surface area contributed by atoms with E-state index in [2.05, 4.69) is 9.88 Å². The Morgan fingerprint density at radius 3 is 2.68 bits per heavy atom. The summed E-state index contributed by atoms with van der Waals surface area (Å²) in [5, 5.41) is 10.9. The van der Waals surface area contributed by atoms with E-state index in [1.54, 1.807) is 53.8 Å². The van der Waals surface area contributed by atoms with Gasteiger partial charge in [-0.05, 0) is 24.6 Å². The Labute approximate surface area is 171 Å². The molecule has 0 aliphatic carbocycles. The number of halogens is 1. The van der Waals surface area contributed by atoms with Crippen LogP contribution < -0.4 is 19.8 Å². The summed E-state index contributed by atoms with van der Waals surface area (Å²) < 4.78 is 9.02. The number of anilines is 1. The largest absolute Gasteiger partial charge is 0.497 e. The van der Waals surface area contributed by atoms with Crippen LogP contribution in [0.5, 0.6) is 11.6 Å². The summed E-state index contributed by atoms with van der Waals surface area (Å²) in [5.74, 6) is 1.28. The van der Waals surface area contributed by atoms with Crippen molar-refractivity contribution in [2.75, 3.05) is 25.1 Å². The van der Waals surface area contributed by atoms with E-state index in [0.29, 0.717) is 34.8 Å². The van der Waals surface area contributed by atoms with Crippen LogP contribution >= 0.6 is 22.9 Å². The Morgan fingerprint density at radius 1 is 1.39 bits per heavy atom. The third-order valence-corrected chi connectivity index (χ3v) is 6.28. The standard InChI is InChI=1S/C19H19ClN4O3S/c1-4-23-10-13(14-9-21-18(20)28-14)24-17(26)15(16(25)22(2)19(23)24)11-5-7-12(27-3)8-6-11/h5-9,13H,4,10H2,1-3H3/p+1. The molecule has 4 rings (SSSR count). The van der Waals surface area contributed by atoms with Gasteiger partial charge in [0.1, 0.15) is 17.9 Å². The number of hydrogen-bond donors (Lipinski definition) is 1. The Bertz CT molecular complexity index is 1090. The first kappa shape index (κ1) is 18.8. The number of rotatable bonds is 4. The first-order valence-corrected chi connectivity index (χ1v) is 10.0. The van der Waals surface area contributed by atoms with Crippen LogP contribution in [-0.4, -0.2) is 34.9 Å². The summed E-state index contributed by atoms with van der Waals surface area (Å²) in [6.07, 6.45) is 1.72. The molecule has 2 aromatic heterocycles. The zero-order valence-electron chi connectivity index (χ0n) is 15.7. The summed E-state index contributed by atoms with van der Waals surface area (Å²) in [7, 11) is 3.35. The molecule has 28 heavy (non-hydrogen) atoms. The zero-order valence-corrected chi connectivity index (χ0v) is 17.3. The lowest BCUT2D eigenvalue weighted by molar-refractivity contribution is -0.668. The van der Waals surface area contributed by atoms with Crippen molar-refractivity contribution in [2.24, 2.45) is 7.05 Å². The van der Waals surface area contributed by atoms with Crippen molar-refractivity contribution in [3.8, 4) is 22.8 Å². The maximum atomic E-state index is 13.5. The molecule has 0 radical (unpaired) electrons. The van der Waals surface area contributed by atoms with E-state index >= 15 is 0 Å². The molecule has 0 saturated heterocycles. The van der Waals surface area contributed by atoms with Crippen molar-refractivity contribution in [3.63, 3.8) is 0 Å². The van der Waals surface area contributed by atoms with Gasteiger partial charge in [0.05, 0.1) is 25.6 Å². The first-order valence-electron chi connectivity index (χ1n) is 8.84.